The lowest BCUT2D eigenvalue weighted by Gasteiger charge is -2.26. The van der Waals surface area contributed by atoms with Crippen LogP contribution in [0, 0.1) is 0 Å². The molecule has 18 heavy (non-hydrogen) atoms. The fraction of sp³-hybridized carbons (Fsp3) is 0.750. The Labute approximate surface area is 116 Å². The number of nitrogens with one attached hydrogen (secondary N) is 1. The van der Waals surface area contributed by atoms with Gasteiger partial charge in [0.05, 0.1) is 0 Å². The predicted octanol–water partition coefficient (Wildman–Crippen LogP) is 2.06. The van der Waals surface area contributed by atoms with Gasteiger partial charge in [-0.2, -0.15) is 16.1 Å². The second-order valence-electron chi connectivity index (χ2n) is 4.97. The molecule has 2 fully saturated rings. The maximum Gasteiger partial charge on any atom is 0.142 e. The van der Waals surface area contributed by atoms with Crippen LogP contribution in [0.2, 0.25) is 0 Å². The van der Waals surface area contributed by atoms with Crippen LogP contribution in [0.3, 0.4) is 0 Å². The quantitative estimate of drug-likeness (QED) is 0.867. The average Bonchev–Trinajstić information content (AvgIpc) is 3.16. The molecule has 1 saturated carbocycles. The van der Waals surface area contributed by atoms with E-state index in [-0.39, 0.29) is 0 Å². The first kappa shape index (κ1) is 12.6. The van der Waals surface area contributed by atoms with Crippen LogP contribution in [0.1, 0.15) is 24.3 Å². The Bertz CT molecular complexity index is 397. The molecule has 4 nitrogen and oxygen atoms in total. The molecule has 0 atom stereocenters. The van der Waals surface area contributed by atoms with Crippen molar-refractivity contribution >= 4 is 34.1 Å². The van der Waals surface area contributed by atoms with E-state index in [1.807, 2.05) is 0 Å². The minimum atomic E-state index is 0.678. The summed E-state index contributed by atoms with van der Waals surface area (Å²) in [5.74, 6) is 3.98. The molecule has 1 aromatic heterocycles. The lowest BCUT2D eigenvalue weighted by molar-refractivity contribution is 0.314. The third-order valence-electron chi connectivity index (χ3n) is 3.56. The van der Waals surface area contributed by atoms with Crippen molar-refractivity contribution in [3.63, 3.8) is 0 Å². The van der Waals surface area contributed by atoms with E-state index < -0.39 is 0 Å². The highest BCUT2D eigenvalue weighted by Gasteiger charge is 2.30. The van der Waals surface area contributed by atoms with Gasteiger partial charge in [0.15, 0.2) is 0 Å². The van der Waals surface area contributed by atoms with Crippen molar-refractivity contribution < 1.29 is 0 Å². The topological polar surface area (TPSA) is 54.2 Å². The van der Waals surface area contributed by atoms with E-state index >= 15 is 0 Å². The number of hydrogen-bond acceptors (Lipinski definition) is 6. The molecule has 6 heteroatoms. The van der Waals surface area contributed by atoms with Crippen LogP contribution < -0.4 is 11.1 Å². The second kappa shape index (κ2) is 5.67. The van der Waals surface area contributed by atoms with Crippen molar-refractivity contribution in [3.05, 3.63) is 5.56 Å². The van der Waals surface area contributed by atoms with Gasteiger partial charge in [-0.15, -0.1) is 0 Å². The maximum absolute atomic E-state index is 5.94. The number of nitrogen functional groups attached to an aromatic ring is 1. The van der Waals surface area contributed by atoms with E-state index in [0.717, 1.165) is 18.9 Å². The normalized spacial score (nSPS) is 21.1. The molecule has 0 bridgehead atoms. The summed E-state index contributed by atoms with van der Waals surface area (Å²) in [6, 6.07) is 0. The molecule has 0 radical (unpaired) electrons. The molecule has 3 N–H and O–H groups in total. The lowest BCUT2D eigenvalue weighted by Crippen LogP contribution is -2.36. The largest absolute Gasteiger partial charge is 0.383 e. The van der Waals surface area contributed by atoms with Gasteiger partial charge in [0, 0.05) is 43.2 Å². The van der Waals surface area contributed by atoms with Crippen LogP contribution >= 0.6 is 23.3 Å². The van der Waals surface area contributed by atoms with Gasteiger partial charge >= 0.3 is 0 Å². The maximum atomic E-state index is 5.94. The second-order valence-corrected chi connectivity index (χ2v) is 6.96. The highest BCUT2D eigenvalue weighted by molar-refractivity contribution is 7.99. The minimum Gasteiger partial charge on any atom is -0.383 e. The van der Waals surface area contributed by atoms with Gasteiger partial charge in [0.25, 0.3) is 0 Å². The van der Waals surface area contributed by atoms with Gasteiger partial charge in [-0.25, -0.2) is 0 Å². The zero-order valence-electron chi connectivity index (χ0n) is 10.5. The molecule has 1 aliphatic heterocycles. The van der Waals surface area contributed by atoms with Crippen LogP contribution in [0.15, 0.2) is 0 Å². The zero-order chi connectivity index (χ0) is 12.4. The van der Waals surface area contributed by atoms with Crippen LogP contribution in [-0.4, -0.2) is 47.0 Å². The summed E-state index contributed by atoms with van der Waals surface area (Å²) < 4.78 is 4.28. The molecular weight excluding hydrogens is 264 g/mol. The number of aromatic nitrogens is 1. The Kier molecular flexibility index (Phi) is 3.96. The first-order valence-corrected chi connectivity index (χ1v) is 8.56. The minimum absolute atomic E-state index is 0.678. The summed E-state index contributed by atoms with van der Waals surface area (Å²) >= 11 is 3.58. The molecule has 1 aliphatic carbocycles. The van der Waals surface area contributed by atoms with E-state index in [9.17, 15) is 0 Å². The SMILES string of the molecule is Nc1nsc(NCCN2CCSCC2)c1C1CC1. The van der Waals surface area contributed by atoms with E-state index in [1.165, 1.54) is 59.5 Å². The Morgan fingerprint density at radius 3 is 2.83 bits per heavy atom. The van der Waals surface area contributed by atoms with E-state index in [1.54, 1.807) is 0 Å². The molecule has 2 heterocycles. The molecule has 2 aliphatic rings. The van der Waals surface area contributed by atoms with Crippen LogP contribution in [-0.2, 0) is 0 Å². The van der Waals surface area contributed by atoms with Gasteiger partial charge < -0.3 is 11.1 Å². The Balaban J connectivity index is 1.50. The Hall–Kier alpha value is -0.460. The fourth-order valence-corrected chi connectivity index (χ4v) is 4.16. The van der Waals surface area contributed by atoms with Gasteiger partial charge in [-0.1, -0.05) is 0 Å². The summed E-state index contributed by atoms with van der Waals surface area (Å²) in [7, 11) is 0. The zero-order valence-corrected chi connectivity index (χ0v) is 12.2. The molecule has 100 valence electrons. The fourth-order valence-electron chi connectivity index (χ4n) is 2.36. The van der Waals surface area contributed by atoms with Crippen molar-refractivity contribution in [1.82, 2.24) is 9.27 Å². The first-order chi connectivity index (χ1) is 8.84. The van der Waals surface area contributed by atoms with Crippen LogP contribution in [0.5, 0.6) is 0 Å². The number of nitrogens with two attached hydrogens (primary N) is 1. The standard InChI is InChI=1S/C12H20N4S2/c13-11-10(9-1-2-9)12(18-15-11)14-3-4-16-5-7-17-8-6-16/h9,14H,1-8H2,(H2,13,15). The number of nitrogens with zero attached hydrogens (tertiary/aromatic N) is 2. The first-order valence-electron chi connectivity index (χ1n) is 6.63. The summed E-state index contributed by atoms with van der Waals surface area (Å²) in [5.41, 5.74) is 7.23. The summed E-state index contributed by atoms with van der Waals surface area (Å²) in [6.07, 6.45) is 2.56. The van der Waals surface area contributed by atoms with Crippen molar-refractivity contribution in [2.24, 2.45) is 0 Å². The van der Waals surface area contributed by atoms with E-state index in [4.69, 9.17) is 5.73 Å². The van der Waals surface area contributed by atoms with E-state index in [0.29, 0.717) is 5.92 Å². The highest BCUT2D eigenvalue weighted by atomic mass is 32.2. The number of thioether (sulfide) groups is 1. The predicted molar refractivity (Wildman–Crippen MR) is 80.8 cm³/mol. The number of rotatable bonds is 5. The smallest absolute Gasteiger partial charge is 0.142 e. The number of anilines is 2. The Morgan fingerprint density at radius 1 is 1.33 bits per heavy atom. The molecule has 0 spiro atoms. The Morgan fingerprint density at radius 2 is 2.11 bits per heavy atom. The van der Waals surface area contributed by atoms with Crippen LogP contribution in [0.25, 0.3) is 0 Å². The lowest BCUT2D eigenvalue weighted by atomic mass is 10.2. The summed E-state index contributed by atoms with van der Waals surface area (Å²) in [6.45, 7) is 4.59. The summed E-state index contributed by atoms with van der Waals surface area (Å²) in [5, 5.41) is 4.74. The number of hydrogen-bond donors (Lipinski definition) is 2. The molecule has 0 amide bonds. The van der Waals surface area contributed by atoms with Gasteiger partial charge in [0.1, 0.15) is 10.8 Å². The highest BCUT2D eigenvalue weighted by Crippen LogP contribution is 2.47. The monoisotopic (exact) mass is 284 g/mol. The average molecular weight is 284 g/mol. The molecule has 3 rings (SSSR count). The molecule has 0 unspecified atom stereocenters. The van der Waals surface area contributed by atoms with Gasteiger partial charge in [0.2, 0.25) is 0 Å². The van der Waals surface area contributed by atoms with Gasteiger partial charge in [-0.05, 0) is 30.3 Å². The summed E-state index contributed by atoms with van der Waals surface area (Å²) in [4.78, 5) is 2.53. The third kappa shape index (κ3) is 2.92. The third-order valence-corrected chi connectivity index (χ3v) is 5.34. The molecule has 1 saturated heterocycles. The molecule has 0 aromatic carbocycles. The van der Waals surface area contributed by atoms with Crippen molar-refractivity contribution in [2.45, 2.75) is 18.8 Å². The van der Waals surface area contributed by atoms with Crippen molar-refractivity contribution in [1.29, 1.82) is 0 Å². The van der Waals surface area contributed by atoms with Gasteiger partial charge in [-0.3, -0.25) is 4.90 Å². The van der Waals surface area contributed by atoms with Crippen molar-refractivity contribution in [2.75, 3.05) is 48.7 Å². The van der Waals surface area contributed by atoms with Crippen LogP contribution in [0.4, 0.5) is 10.8 Å². The van der Waals surface area contributed by atoms with E-state index in [2.05, 4.69) is 26.4 Å². The molecule has 1 aromatic rings. The molecular formula is C12H20N4S2. The van der Waals surface area contributed by atoms with Crippen molar-refractivity contribution in [3.8, 4) is 0 Å².